The molecule has 0 bridgehead atoms. The summed E-state index contributed by atoms with van der Waals surface area (Å²) in [7, 11) is 0. The molecule has 0 amide bonds. The molecule has 1 atom stereocenters. The van der Waals surface area contributed by atoms with Crippen molar-refractivity contribution in [3.8, 4) is 0 Å². The van der Waals surface area contributed by atoms with Gasteiger partial charge in [0, 0.05) is 6.04 Å². The molecular formula is C11H25NS. The third-order valence-electron chi connectivity index (χ3n) is 2.34. The van der Waals surface area contributed by atoms with Gasteiger partial charge in [-0.1, -0.05) is 26.7 Å². The molecule has 80 valence electrons. The second-order valence-electron chi connectivity index (χ2n) is 3.95. The Labute approximate surface area is 89.3 Å². The van der Waals surface area contributed by atoms with E-state index in [2.05, 4.69) is 45.2 Å². The zero-order valence-corrected chi connectivity index (χ0v) is 10.5. The maximum atomic E-state index is 4.66. The fraction of sp³-hybridized carbons (Fsp3) is 1.00. The predicted octanol–water partition coefficient (Wildman–Crippen LogP) is 3.55. The van der Waals surface area contributed by atoms with E-state index in [9.17, 15) is 0 Å². The lowest BCUT2D eigenvalue weighted by Crippen LogP contribution is -2.37. The molecule has 0 saturated carbocycles. The van der Waals surface area contributed by atoms with Gasteiger partial charge >= 0.3 is 0 Å². The Morgan fingerprint density at radius 2 is 1.77 bits per heavy atom. The Hall–Kier alpha value is 0.310. The molecule has 0 aliphatic heterocycles. The zero-order valence-electron chi connectivity index (χ0n) is 9.58. The standard InChI is InChI=1S/C11H25NS/c1-5-7-8-11(13)12(9-6-2)10(3)4/h10-11,13H,5-9H2,1-4H3. The van der Waals surface area contributed by atoms with Crippen molar-refractivity contribution in [3.05, 3.63) is 0 Å². The van der Waals surface area contributed by atoms with Crippen LogP contribution in [0.4, 0.5) is 0 Å². The third-order valence-corrected chi connectivity index (χ3v) is 2.90. The van der Waals surface area contributed by atoms with Gasteiger partial charge in [-0.2, -0.15) is 12.6 Å². The van der Waals surface area contributed by atoms with E-state index in [1.54, 1.807) is 0 Å². The molecular weight excluding hydrogens is 178 g/mol. The minimum atomic E-state index is 0.458. The fourth-order valence-corrected chi connectivity index (χ4v) is 2.13. The van der Waals surface area contributed by atoms with E-state index in [-0.39, 0.29) is 0 Å². The first-order valence-electron chi connectivity index (χ1n) is 5.57. The van der Waals surface area contributed by atoms with Gasteiger partial charge in [0.2, 0.25) is 0 Å². The van der Waals surface area contributed by atoms with Crippen molar-refractivity contribution in [3.63, 3.8) is 0 Å². The van der Waals surface area contributed by atoms with Gasteiger partial charge in [-0.3, -0.25) is 4.90 Å². The van der Waals surface area contributed by atoms with Gasteiger partial charge in [-0.25, -0.2) is 0 Å². The van der Waals surface area contributed by atoms with Gasteiger partial charge in [-0.15, -0.1) is 0 Å². The van der Waals surface area contributed by atoms with Gasteiger partial charge in [0.05, 0.1) is 5.37 Å². The summed E-state index contributed by atoms with van der Waals surface area (Å²) in [5.74, 6) is 0. The molecule has 1 nitrogen and oxygen atoms in total. The Bertz CT molecular complexity index is 115. The molecule has 0 aliphatic carbocycles. The van der Waals surface area contributed by atoms with Crippen LogP contribution in [0.3, 0.4) is 0 Å². The van der Waals surface area contributed by atoms with Crippen molar-refractivity contribution in [2.75, 3.05) is 6.54 Å². The summed E-state index contributed by atoms with van der Waals surface area (Å²) >= 11 is 4.66. The van der Waals surface area contributed by atoms with Gasteiger partial charge in [0.1, 0.15) is 0 Å². The third kappa shape index (κ3) is 5.58. The molecule has 0 radical (unpaired) electrons. The molecule has 0 aromatic heterocycles. The Balaban J connectivity index is 3.87. The summed E-state index contributed by atoms with van der Waals surface area (Å²) in [6.07, 6.45) is 5.01. The van der Waals surface area contributed by atoms with Crippen LogP contribution >= 0.6 is 12.6 Å². The van der Waals surface area contributed by atoms with E-state index in [1.165, 1.54) is 32.2 Å². The van der Waals surface area contributed by atoms with E-state index in [0.717, 1.165) is 0 Å². The number of hydrogen-bond donors (Lipinski definition) is 1. The maximum absolute atomic E-state index is 4.66. The first kappa shape index (κ1) is 13.3. The minimum absolute atomic E-state index is 0.458. The van der Waals surface area contributed by atoms with Crippen LogP contribution in [0.1, 0.15) is 53.4 Å². The number of thiol groups is 1. The normalized spacial score (nSPS) is 14.1. The summed E-state index contributed by atoms with van der Waals surface area (Å²) in [5.41, 5.74) is 0. The molecule has 0 fully saturated rings. The largest absolute Gasteiger partial charge is 0.289 e. The van der Waals surface area contributed by atoms with Crippen LogP contribution < -0.4 is 0 Å². The SMILES string of the molecule is CCCCC(S)N(CCC)C(C)C. The molecule has 0 heterocycles. The first-order valence-corrected chi connectivity index (χ1v) is 6.08. The molecule has 0 N–H and O–H groups in total. The molecule has 0 aliphatic rings. The summed E-state index contributed by atoms with van der Waals surface area (Å²) in [5, 5.41) is 0.458. The maximum Gasteiger partial charge on any atom is 0.0530 e. The van der Waals surface area contributed by atoms with Crippen LogP contribution in [0.25, 0.3) is 0 Å². The van der Waals surface area contributed by atoms with Crippen LogP contribution in [0, 0.1) is 0 Å². The summed E-state index contributed by atoms with van der Waals surface area (Å²) in [6.45, 7) is 10.2. The fourth-order valence-electron chi connectivity index (χ4n) is 1.56. The highest BCUT2D eigenvalue weighted by Gasteiger charge is 2.15. The van der Waals surface area contributed by atoms with Crippen LogP contribution in [0.15, 0.2) is 0 Å². The lowest BCUT2D eigenvalue weighted by atomic mass is 10.2. The molecule has 2 heteroatoms. The van der Waals surface area contributed by atoms with Crippen molar-refractivity contribution in [1.29, 1.82) is 0 Å². The van der Waals surface area contributed by atoms with Crippen molar-refractivity contribution in [1.82, 2.24) is 4.90 Å². The lowest BCUT2D eigenvalue weighted by molar-refractivity contribution is 0.198. The summed E-state index contributed by atoms with van der Waals surface area (Å²) in [4.78, 5) is 2.48. The highest BCUT2D eigenvalue weighted by Crippen LogP contribution is 2.15. The molecule has 0 rings (SSSR count). The minimum Gasteiger partial charge on any atom is -0.289 e. The molecule has 0 aromatic rings. The average Bonchev–Trinajstić information content (AvgIpc) is 2.09. The highest BCUT2D eigenvalue weighted by molar-refractivity contribution is 7.80. The number of rotatable bonds is 7. The monoisotopic (exact) mass is 203 g/mol. The van der Waals surface area contributed by atoms with Crippen LogP contribution in [-0.2, 0) is 0 Å². The number of hydrogen-bond acceptors (Lipinski definition) is 2. The Morgan fingerprint density at radius 3 is 2.15 bits per heavy atom. The van der Waals surface area contributed by atoms with E-state index < -0.39 is 0 Å². The van der Waals surface area contributed by atoms with Gasteiger partial charge < -0.3 is 0 Å². The highest BCUT2D eigenvalue weighted by atomic mass is 32.1. The second-order valence-corrected chi connectivity index (χ2v) is 4.55. The number of unbranched alkanes of at least 4 members (excludes halogenated alkanes) is 1. The van der Waals surface area contributed by atoms with E-state index in [4.69, 9.17) is 0 Å². The van der Waals surface area contributed by atoms with Crippen molar-refractivity contribution >= 4 is 12.6 Å². The molecule has 1 unspecified atom stereocenters. The smallest absolute Gasteiger partial charge is 0.0530 e. The number of nitrogens with zero attached hydrogens (tertiary/aromatic N) is 1. The first-order chi connectivity index (χ1) is 6.13. The second kappa shape index (κ2) is 7.69. The molecule has 0 aromatic carbocycles. The van der Waals surface area contributed by atoms with E-state index in [1.807, 2.05) is 0 Å². The van der Waals surface area contributed by atoms with Gasteiger partial charge in [0.15, 0.2) is 0 Å². The molecule has 13 heavy (non-hydrogen) atoms. The molecule has 0 spiro atoms. The topological polar surface area (TPSA) is 3.24 Å². The zero-order chi connectivity index (χ0) is 10.3. The Morgan fingerprint density at radius 1 is 1.15 bits per heavy atom. The van der Waals surface area contributed by atoms with Gasteiger partial charge in [-0.05, 0) is 33.2 Å². The van der Waals surface area contributed by atoms with Crippen molar-refractivity contribution < 1.29 is 0 Å². The van der Waals surface area contributed by atoms with Crippen molar-refractivity contribution in [2.45, 2.75) is 64.8 Å². The van der Waals surface area contributed by atoms with E-state index in [0.29, 0.717) is 11.4 Å². The quantitative estimate of drug-likeness (QED) is 0.489. The van der Waals surface area contributed by atoms with Gasteiger partial charge in [0.25, 0.3) is 0 Å². The lowest BCUT2D eigenvalue weighted by Gasteiger charge is -2.31. The summed E-state index contributed by atoms with van der Waals surface area (Å²) < 4.78 is 0. The van der Waals surface area contributed by atoms with Crippen LogP contribution in [0.5, 0.6) is 0 Å². The predicted molar refractivity (Wildman–Crippen MR) is 64.4 cm³/mol. The van der Waals surface area contributed by atoms with E-state index >= 15 is 0 Å². The average molecular weight is 203 g/mol. The summed E-state index contributed by atoms with van der Waals surface area (Å²) in [6, 6.07) is 0.624. The molecule has 0 saturated heterocycles. The van der Waals surface area contributed by atoms with Crippen LogP contribution in [-0.4, -0.2) is 22.9 Å². The Kier molecular flexibility index (Phi) is 7.87. The van der Waals surface area contributed by atoms with Crippen molar-refractivity contribution in [2.24, 2.45) is 0 Å². The van der Waals surface area contributed by atoms with Crippen LogP contribution in [0.2, 0.25) is 0 Å².